The fourth-order valence-electron chi connectivity index (χ4n) is 18.3. The second kappa shape index (κ2) is 25.9. The summed E-state index contributed by atoms with van der Waals surface area (Å²) in [7, 11) is 6.33. The van der Waals surface area contributed by atoms with Crippen molar-refractivity contribution in [3.8, 4) is 22.3 Å². The fraction of sp³-hybridized carbons (Fsp3) is 0.359. The Morgan fingerprint density at radius 2 is 0.723 bits per heavy atom. The van der Waals surface area contributed by atoms with E-state index in [1.807, 2.05) is 0 Å². The Labute approximate surface area is 524 Å². The van der Waals surface area contributed by atoms with Crippen LogP contribution in [0.25, 0.3) is 45.6 Å². The minimum absolute atomic E-state index is 0. The maximum atomic E-state index is 4.93. The molecule has 12 rings (SSSR count). The Bertz CT molecular complexity index is 3290. The van der Waals surface area contributed by atoms with Crippen LogP contribution in [0.2, 0.25) is 37.3 Å². The van der Waals surface area contributed by atoms with Crippen molar-refractivity contribution in [2.45, 2.75) is 144 Å². The first kappa shape index (κ1) is 64.7. The Kier molecular flexibility index (Phi) is 20.2. The number of fused-ring (bicyclic) bond motifs is 4. The van der Waals surface area contributed by atoms with Gasteiger partial charge in [0.15, 0.2) is 0 Å². The number of aryl methyl sites for hydroxylation is 8. The van der Waals surface area contributed by atoms with Crippen LogP contribution in [0.3, 0.4) is 0 Å². The standard InChI is InChI=1S/C38H48Si.C38H40Si.2CH3.2ClH.Zr/c2*1-23-15-24(2)18-29(17-23)31-11-9-13-33-35(31)21-27(5)37(33)39(7,8)38-28(6)22-36-32(12-10-14-34(36)38)30-19-25(3)16-26(4)20-30;;;;;/h9-20,27-28,33-38H,21-22H2,1-8H3;9-22,37-38H,1-8H3;2*1H3;2*1H;/q;;2*-1;;;+4/p-2. The van der Waals surface area contributed by atoms with E-state index >= 15 is 0 Å². The summed E-state index contributed by atoms with van der Waals surface area (Å²) in [6.45, 7) is 38.6. The molecule has 0 heterocycles. The third-order valence-corrected chi connectivity index (χ3v) is 30.0. The van der Waals surface area contributed by atoms with Gasteiger partial charge in [0, 0.05) is 11.1 Å². The van der Waals surface area contributed by atoms with Crippen molar-refractivity contribution in [3.05, 3.63) is 250 Å². The molecule has 0 aliphatic heterocycles. The predicted molar refractivity (Wildman–Crippen MR) is 370 cm³/mol. The summed E-state index contributed by atoms with van der Waals surface area (Å²) in [5, 5.41) is 0. The van der Waals surface area contributed by atoms with Crippen LogP contribution in [0.15, 0.2) is 157 Å². The molecule has 83 heavy (non-hydrogen) atoms. The average molecular weight is 1250 g/mol. The molecule has 0 spiro atoms. The van der Waals surface area contributed by atoms with E-state index in [1.165, 1.54) is 124 Å². The molecule has 0 N–H and O–H groups in total. The monoisotopic (exact) mass is 1250 g/mol. The van der Waals surface area contributed by atoms with Crippen molar-refractivity contribution in [3.63, 3.8) is 0 Å². The first-order valence-corrected chi connectivity index (χ1v) is 42.8. The summed E-state index contributed by atoms with van der Waals surface area (Å²) in [5.74, 6) is 4.29. The molecule has 0 amide bonds. The van der Waals surface area contributed by atoms with Crippen LogP contribution >= 0.6 is 17.0 Å². The summed E-state index contributed by atoms with van der Waals surface area (Å²) >= 11 is -0.826. The minimum atomic E-state index is -1.89. The Morgan fingerprint density at radius 3 is 1.04 bits per heavy atom. The maximum absolute atomic E-state index is 4.93. The van der Waals surface area contributed by atoms with Crippen LogP contribution in [0, 0.1) is 106 Å². The van der Waals surface area contributed by atoms with E-state index in [1.54, 1.807) is 11.1 Å². The van der Waals surface area contributed by atoms with Crippen molar-refractivity contribution in [2.75, 3.05) is 0 Å². The fourth-order valence-corrected chi connectivity index (χ4v) is 29.5. The van der Waals surface area contributed by atoms with Crippen LogP contribution in [0.5, 0.6) is 0 Å². The normalized spacial score (nSPS) is 24.4. The van der Waals surface area contributed by atoms with Gasteiger partial charge >= 0.3 is 37.9 Å². The van der Waals surface area contributed by atoms with Crippen molar-refractivity contribution >= 4 is 56.5 Å². The van der Waals surface area contributed by atoms with Crippen molar-refractivity contribution in [2.24, 2.45) is 35.5 Å². The van der Waals surface area contributed by atoms with Gasteiger partial charge in [-0.3, -0.25) is 0 Å². The van der Waals surface area contributed by atoms with Crippen LogP contribution in [0.1, 0.15) is 130 Å². The van der Waals surface area contributed by atoms with Gasteiger partial charge in [-0.15, -0.1) is 0 Å². The van der Waals surface area contributed by atoms with Gasteiger partial charge in [-0.25, -0.2) is 0 Å². The number of hydrogen-bond donors (Lipinski definition) is 0. The zero-order chi connectivity index (χ0) is 58.0. The number of allylic oxidation sites excluding steroid dienone is 10. The van der Waals surface area contributed by atoms with Crippen LogP contribution in [-0.4, -0.2) is 16.1 Å². The van der Waals surface area contributed by atoms with Gasteiger partial charge in [0.1, 0.15) is 0 Å². The quantitative estimate of drug-likeness (QED) is 0.105. The molecule has 0 nitrogen and oxygen atoms in total. The van der Waals surface area contributed by atoms with Gasteiger partial charge < -0.3 is 14.9 Å². The second-order valence-corrected chi connectivity index (χ2v) is 40.8. The Morgan fingerprint density at radius 1 is 0.422 bits per heavy atom. The molecule has 6 aromatic rings. The molecular formula is C78H94Cl2Si2Zr. The molecule has 10 atom stereocenters. The molecule has 432 valence electrons. The third kappa shape index (κ3) is 12.6. The van der Waals surface area contributed by atoms with E-state index in [2.05, 4.69) is 267 Å². The number of hydrogen-bond acceptors (Lipinski definition) is 0. The summed E-state index contributed by atoms with van der Waals surface area (Å²) in [6, 6.07) is 42.3. The van der Waals surface area contributed by atoms with E-state index in [0.717, 1.165) is 22.9 Å². The molecule has 2 fully saturated rings. The topological polar surface area (TPSA) is 0 Å². The molecule has 0 saturated heterocycles. The number of halogens is 2. The molecule has 6 aromatic carbocycles. The second-order valence-electron chi connectivity index (χ2n) is 27.3. The van der Waals surface area contributed by atoms with Gasteiger partial charge in [0.25, 0.3) is 0 Å². The zero-order valence-corrected chi connectivity index (χ0v) is 59.4. The molecule has 6 aliphatic rings. The Balaban J connectivity index is 0.000000202. The summed E-state index contributed by atoms with van der Waals surface area (Å²) in [6.07, 6.45) is 22.6. The van der Waals surface area contributed by atoms with Gasteiger partial charge in [-0.05, 0) is 195 Å². The third-order valence-electron chi connectivity index (χ3n) is 20.2. The van der Waals surface area contributed by atoms with Crippen LogP contribution < -0.4 is 0 Å². The molecule has 2 saturated carbocycles. The van der Waals surface area contributed by atoms with Gasteiger partial charge in [0.2, 0.25) is 0 Å². The molecule has 6 aliphatic carbocycles. The van der Waals surface area contributed by atoms with E-state index < -0.39 is 37.0 Å². The van der Waals surface area contributed by atoms with Crippen molar-refractivity contribution < 1.29 is 20.8 Å². The summed E-state index contributed by atoms with van der Waals surface area (Å²) < 4.78 is 0. The molecule has 10 unspecified atom stereocenters. The van der Waals surface area contributed by atoms with Gasteiger partial charge in [0.05, 0.1) is 16.1 Å². The summed E-state index contributed by atoms with van der Waals surface area (Å²) in [5.41, 5.74) is 34.1. The SMILES string of the molecule is CC1=Cc2c(-c3cc(C)cc(C)c3)cccc2C1[Si](C)(C)C1C(C)=Cc2c(-c3cc(C)cc(C)c3)cccc21.Cc1cc(C)cc(C2=CC=CC3C2CC(C)C3[Si](C)(C)C2C(C)CC3C(c4cc(C)cc(C)c4)=CC=CC32)c1.[CH3-].[CH3-].[Cl][Zr+2][Cl]. The van der Waals surface area contributed by atoms with E-state index in [9.17, 15) is 0 Å². The molecular weight excluding hydrogens is 1160 g/mol. The molecule has 0 bridgehead atoms. The first-order valence-electron chi connectivity index (χ1n) is 30.2. The van der Waals surface area contributed by atoms with E-state index in [4.69, 9.17) is 17.0 Å². The zero-order valence-electron chi connectivity index (χ0n) is 53.5. The van der Waals surface area contributed by atoms with E-state index in [0.29, 0.717) is 34.8 Å². The van der Waals surface area contributed by atoms with Crippen molar-refractivity contribution in [1.29, 1.82) is 0 Å². The predicted octanol–water partition coefficient (Wildman–Crippen LogP) is 23.5. The van der Waals surface area contributed by atoms with Crippen LogP contribution in [0.4, 0.5) is 0 Å². The first-order chi connectivity index (χ1) is 38.5. The van der Waals surface area contributed by atoms with E-state index in [-0.39, 0.29) is 14.9 Å². The van der Waals surface area contributed by atoms with Gasteiger partial charge in [-0.1, -0.05) is 253 Å². The van der Waals surface area contributed by atoms with Crippen LogP contribution in [-0.2, 0) is 20.8 Å². The summed E-state index contributed by atoms with van der Waals surface area (Å²) in [4.78, 5) is 0. The molecule has 5 heteroatoms. The molecule has 0 aromatic heterocycles. The number of rotatable bonds is 8. The van der Waals surface area contributed by atoms with Gasteiger partial charge in [-0.2, -0.15) is 0 Å². The average Bonchev–Trinajstić information content (AvgIpc) is 3.18. The Hall–Kier alpha value is -4.34. The molecule has 0 radical (unpaired) electrons. The number of benzene rings is 6. The van der Waals surface area contributed by atoms with Crippen molar-refractivity contribution in [1.82, 2.24) is 0 Å².